The summed E-state index contributed by atoms with van der Waals surface area (Å²) in [5.74, 6) is 0.440. The molecule has 4 aromatic carbocycles. The summed E-state index contributed by atoms with van der Waals surface area (Å²) in [6.45, 7) is 0. The minimum atomic E-state index is -0.491. The predicted octanol–water partition coefficient (Wildman–Crippen LogP) is 5.32. The lowest BCUT2D eigenvalue weighted by atomic mass is 10.0. The number of non-ortho nitro benzene ring substituents is 1. The molecule has 7 nitrogen and oxygen atoms in total. The molecule has 33 heavy (non-hydrogen) atoms. The van der Waals surface area contributed by atoms with E-state index in [0.29, 0.717) is 28.0 Å². The molecule has 5 aromatic rings. The summed E-state index contributed by atoms with van der Waals surface area (Å²) >= 11 is 0. The highest BCUT2D eigenvalue weighted by atomic mass is 16.6. The second-order valence-electron chi connectivity index (χ2n) is 7.45. The molecule has 0 fully saturated rings. The Bertz CT molecular complexity index is 1620. The number of rotatable bonds is 4. The molecule has 1 aromatic heterocycles. The van der Waals surface area contributed by atoms with E-state index in [0.717, 1.165) is 10.8 Å². The van der Waals surface area contributed by atoms with Gasteiger partial charge in [0.25, 0.3) is 11.2 Å². The molecule has 0 spiro atoms. The van der Waals surface area contributed by atoms with E-state index in [1.54, 1.807) is 42.5 Å². The first-order chi connectivity index (χ1) is 16.0. The molecule has 0 aliphatic heterocycles. The first-order valence-corrected chi connectivity index (χ1v) is 10.2. The van der Waals surface area contributed by atoms with E-state index < -0.39 is 4.92 Å². The van der Waals surface area contributed by atoms with Gasteiger partial charge in [-0.05, 0) is 53.3 Å². The monoisotopic (exact) mass is 435 g/mol. The summed E-state index contributed by atoms with van der Waals surface area (Å²) in [4.78, 5) is 28.6. The predicted molar refractivity (Wildman–Crippen MR) is 129 cm³/mol. The number of nitro groups is 1. The molecule has 0 amide bonds. The largest absolute Gasteiger partial charge is 0.507 e. The van der Waals surface area contributed by atoms with Crippen molar-refractivity contribution < 1.29 is 10.0 Å². The highest BCUT2D eigenvalue weighted by molar-refractivity contribution is 5.95. The number of phenolic OH excluding ortho intramolecular Hbond substituents is 1. The Hall–Kier alpha value is -4.78. The van der Waals surface area contributed by atoms with Crippen LogP contribution in [0.3, 0.4) is 0 Å². The van der Waals surface area contributed by atoms with E-state index in [4.69, 9.17) is 0 Å². The van der Waals surface area contributed by atoms with Crippen LogP contribution in [0.25, 0.3) is 39.5 Å². The Morgan fingerprint density at radius 3 is 2.30 bits per heavy atom. The van der Waals surface area contributed by atoms with Crippen LogP contribution in [0, 0.1) is 10.1 Å². The number of fused-ring (bicyclic) bond motifs is 2. The van der Waals surface area contributed by atoms with Gasteiger partial charge in [-0.3, -0.25) is 19.5 Å². The van der Waals surface area contributed by atoms with E-state index in [1.807, 2.05) is 30.3 Å². The molecule has 0 aliphatic rings. The summed E-state index contributed by atoms with van der Waals surface area (Å²) in [6, 6.07) is 23.9. The Morgan fingerprint density at radius 2 is 1.55 bits per heavy atom. The average Bonchev–Trinajstić information content (AvgIpc) is 2.83. The standard InChI is InChI=1S/C26H17N3O4/c30-24-15-9-17-5-1-2-6-20(17)21(24)14-16-25-27-23-8-4-3-7-22(23)26(31)28(25)18-10-12-19(13-11-18)29(32)33/h1-16,30H/b16-14+. The van der Waals surface area contributed by atoms with Crippen molar-refractivity contribution in [2.45, 2.75) is 0 Å². The third kappa shape index (κ3) is 3.61. The maximum absolute atomic E-state index is 13.4. The van der Waals surface area contributed by atoms with Gasteiger partial charge in [-0.2, -0.15) is 0 Å². The number of nitro benzene ring substituents is 1. The van der Waals surface area contributed by atoms with Gasteiger partial charge in [-0.25, -0.2) is 4.98 Å². The van der Waals surface area contributed by atoms with Crippen LogP contribution in [0.5, 0.6) is 5.75 Å². The summed E-state index contributed by atoms with van der Waals surface area (Å²) in [5, 5.41) is 23.8. The van der Waals surface area contributed by atoms with Crippen LogP contribution in [0.1, 0.15) is 11.4 Å². The number of phenols is 1. The zero-order valence-electron chi connectivity index (χ0n) is 17.3. The van der Waals surface area contributed by atoms with Crippen molar-refractivity contribution in [3.8, 4) is 11.4 Å². The first-order valence-electron chi connectivity index (χ1n) is 10.2. The number of hydrogen-bond acceptors (Lipinski definition) is 5. The molecule has 0 radical (unpaired) electrons. The normalized spacial score (nSPS) is 11.4. The van der Waals surface area contributed by atoms with Gasteiger partial charge < -0.3 is 5.11 Å². The van der Waals surface area contributed by atoms with Crippen molar-refractivity contribution in [3.63, 3.8) is 0 Å². The van der Waals surface area contributed by atoms with Gasteiger partial charge in [0.05, 0.1) is 21.5 Å². The van der Waals surface area contributed by atoms with Crippen LogP contribution in [0.4, 0.5) is 5.69 Å². The van der Waals surface area contributed by atoms with E-state index in [2.05, 4.69) is 4.98 Å². The molecule has 1 heterocycles. The van der Waals surface area contributed by atoms with E-state index in [9.17, 15) is 20.0 Å². The fraction of sp³-hybridized carbons (Fsp3) is 0. The quantitative estimate of drug-likeness (QED) is 0.304. The number of aromatic hydroxyl groups is 1. The molecule has 0 saturated carbocycles. The molecule has 0 saturated heterocycles. The van der Waals surface area contributed by atoms with Crippen LogP contribution in [0.2, 0.25) is 0 Å². The maximum Gasteiger partial charge on any atom is 0.269 e. The smallest absolute Gasteiger partial charge is 0.269 e. The minimum Gasteiger partial charge on any atom is -0.507 e. The molecule has 0 atom stereocenters. The van der Waals surface area contributed by atoms with Gasteiger partial charge in [-0.1, -0.05) is 42.5 Å². The molecule has 0 unspecified atom stereocenters. The molecule has 1 N–H and O–H groups in total. The van der Waals surface area contributed by atoms with Crippen molar-refractivity contribution in [2.24, 2.45) is 0 Å². The highest BCUT2D eigenvalue weighted by Gasteiger charge is 2.13. The van der Waals surface area contributed by atoms with E-state index in [1.165, 1.54) is 28.8 Å². The second kappa shape index (κ2) is 8.05. The summed E-state index contributed by atoms with van der Waals surface area (Å²) in [6.07, 6.45) is 3.38. The molecular formula is C26H17N3O4. The Kier molecular flexibility index (Phi) is 4.91. The number of aromatic nitrogens is 2. The van der Waals surface area contributed by atoms with Crippen molar-refractivity contribution in [2.75, 3.05) is 0 Å². The second-order valence-corrected chi connectivity index (χ2v) is 7.45. The zero-order chi connectivity index (χ0) is 22.9. The van der Waals surface area contributed by atoms with Gasteiger partial charge >= 0.3 is 0 Å². The van der Waals surface area contributed by atoms with Gasteiger partial charge in [0.1, 0.15) is 11.6 Å². The minimum absolute atomic E-state index is 0.0710. The third-order valence-electron chi connectivity index (χ3n) is 5.47. The lowest BCUT2D eigenvalue weighted by Gasteiger charge is -2.12. The molecule has 0 aliphatic carbocycles. The fourth-order valence-electron chi connectivity index (χ4n) is 3.85. The maximum atomic E-state index is 13.4. The fourth-order valence-corrected chi connectivity index (χ4v) is 3.85. The number of hydrogen-bond donors (Lipinski definition) is 1. The third-order valence-corrected chi connectivity index (χ3v) is 5.47. The van der Waals surface area contributed by atoms with Gasteiger partial charge in [0.2, 0.25) is 0 Å². The zero-order valence-corrected chi connectivity index (χ0v) is 17.3. The molecular weight excluding hydrogens is 418 g/mol. The van der Waals surface area contributed by atoms with Crippen LogP contribution in [-0.2, 0) is 0 Å². The number of benzene rings is 4. The average molecular weight is 435 g/mol. The molecule has 5 rings (SSSR count). The topological polar surface area (TPSA) is 98.3 Å². The number of nitrogens with zero attached hydrogens (tertiary/aromatic N) is 3. The van der Waals surface area contributed by atoms with Crippen molar-refractivity contribution in [1.82, 2.24) is 9.55 Å². The van der Waals surface area contributed by atoms with Crippen molar-refractivity contribution in [3.05, 3.63) is 117 Å². The highest BCUT2D eigenvalue weighted by Crippen LogP contribution is 2.29. The first kappa shape index (κ1) is 20.1. The number of para-hydroxylation sites is 1. The molecule has 0 bridgehead atoms. The summed E-state index contributed by atoms with van der Waals surface area (Å²) < 4.78 is 1.41. The Balaban J connectivity index is 1.73. The summed E-state index contributed by atoms with van der Waals surface area (Å²) in [5.41, 5.74) is 1.22. The lowest BCUT2D eigenvalue weighted by Crippen LogP contribution is -2.22. The van der Waals surface area contributed by atoms with Crippen LogP contribution in [-0.4, -0.2) is 19.6 Å². The van der Waals surface area contributed by atoms with Crippen LogP contribution in [0.15, 0.2) is 89.7 Å². The Morgan fingerprint density at radius 1 is 0.848 bits per heavy atom. The van der Waals surface area contributed by atoms with E-state index in [-0.39, 0.29) is 17.0 Å². The summed E-state index contributed by atoms with van der Waals surface area (Å²) in [7, 11) is 0. The SMILES string of the molecule is O=c1c2ccccc2nc(/C=C/c2c(O)ccc3ccccc23)n1-c1ccc([N+](=O)[O-])cc1. The van der Waals surface area contributed by atoms with Gasteiger partial charge in [-0.15, -0.1) is 0 Å². The van der Waals surface area contributed by atoms with Gasteiger partial charge in [0, 0.05) is 17.7 Å². The van der Waals surface area contributed by atoms with Crippen LogP contribution < -0.4 is 5.56 Å². The lowest BCUT2D eigenvalue weighted by molar-refractivity contribution is -0.384. The molecule has 7 heteroatoms. The van der Waals surface area contributed by atoms with Crippen molar-refractivity contribution >= 4 is 39.5 Å². The molecule has 160 valence electrons. The van der Waals surface area contributed by atoms with Crippen molar-refractivity contribution in [1.29, 1.82) is 0 Å². The van der Waals surface area contributed by atoms with E-state index >= 15 is 0 Å². The van der Waals surface area contributed by atoms with Crippen LogP contribution >= 0.6 is 0 Å². The van der Waals surface area contributed by atoms with Gasteiger partial charge in [0.15, 0.2) is 0 Å². The Labute approximate surface area is 187 Å².